The third kappa shape index (κ3) is 2.36. The highest BCUT2D eigenvalue weighted by atomic mass is 16.4. The van der Waals surface area contributed by atoms with E-state index in [0.717, 1.165) is 19.0 Å². The Labute approximate surface area is 132 Å². The highest BCUT2D eigenvalue weighted by Gasteiger charge is 2.53. The molecule has 2 N–H and O–H groups in total. The molecule has 0 aliphatic heterocycles. The third-order valence-corrected chi connectivity index (χ3v) is 4.73. The summed E-state index contributed by atoms with van der Waals surface area (Å²) in [4.78, 5) is 30.6. The summed E-state index contributed by atoms with van der Waals surface area (Å²) in [5.74, 6) is -0.587. The number of rotatable bonds is 3. The maximum atomic E-state index is 12.3. The lowest BCUT2D eigenvalue weighted by molar-refractivity contribution is 0.0689. The van der Waals surface area contributed by atoms with Crippen molar-refractivity contribution in [2.45, 2.75) is 24.8 Å². The van der Waals surface area contributed by atoms with Gasteiger partial charge in [0.2, 0.25) is 0 Å². The van der Waals surface area contributed by atoms with Crippen LogP contribution in [0.15, 0.2) is 36.7 Å². The number of carboxylic acid groups (broad SMARTS) is 1. The number of fused-ring (bicyclic) bond motifs is 3. The van der Waals surface area contributed by atoms with Crippen LogP contribution in [-0.2, 0) is 6.42 Å². The molecular formula is C17H15N3O3. The van der Waals surface area contributed by atoms with Crippen molar-refractivity contribution in [3.63, 3.8) is 0 Å². The minimum atomic E-state index is -1.16. The Morgan fingerprint density at radius 3 is 2.61 bits per heavy atom. The second kappa shape index (κ2) is 5.15. The summed E-state index contributed by atoms with van der Waals surface area (Å²) in [5.41, 5.74) is 2.68. The predicted molar refractivity (Wildman–Crippen MR) is 81.2 cm³/mol. The van der Waals surface area contributed by atoms with E-state index in [1.807, 2.05) is 6.07 Å². The molecule has 6 nitrogen and oxygen atoms in total. The van der Waals surface area contributed by atoms with Gasteiger partial charge in [-0.05, 0) is 29.9 Å². The van der Waals surface area contributed by atoms with Crippen LogP contribution in [-0.4, -0.2) is 33.0 Å². The van der Waals surface area contributed by atoms with Crippen molar-refractivity contribution in [3.05, 3.63) is 59.2 Å². The van der Waals surface area contributed by atoms with Crippen LogP contribution in [0.2, 0.25) is 0 Å². The van der Waals surface area contributed by atoms with E-state index in [1.165, 1.54) is 17.3 Å². The molecular weight excluding hydrogens is 294 g/mol. The van der Waals surface area contributed by atoms with E-state index in [-0.39, 0.29) is 23.3 Å². The predicted octanol–water partition coefficient (Wildman–Crippen LogP) is 1.63. The lowest BCUT2D eigenvalue weighted by Crippen LogP contribution is -2.28. The van der Waals surface area contributed by atoms with E-state index in [1.54, 1.807) is 0 Å². The Balaban J connectivity index is 1.48. The van der Waals surface area contributed by atoms with Gasteiger partial charge in [0.05, 0.1) is 12.4 Å². The normalized spacial score (nSPS) is 24.3. The van der Waals surface area contributed by atoms with Gasteiger partial charge < -0.3 is 10.4 Å². The van der Waals surface area contributed by atoms with Gasteiger partial charge in [0.1, 0.15) is 5.69 Å². The molecule has 23 heavy (non-hydrogen) atoms. The van der Waals surface area contributed by atoms with Crippen molar-refractivity contribution in [1.82, 2.24) is 15.3 Å². The number of aryl methyl sites for hydroxylation is 1. The molecule has 2 aliphatic carbocycles. The Bertz CT molecular complexity index is 788. The first-order valence-electron chi connectivity index (χ1n) is 7.59. The van der Waals surface area contributed by atoms with Gasteiger partial charge in [-0.15, -0.1) is 0 Å². The van der Waals surface area contributed by atoms with Crippen LogP contribution >= 0.6 is 0 Å². The molecule has 1 heterocycles. The third-order valence-electron chi connectivity index (χ3n) is 4.73. The van der Waals surface area contributed by atoms with Crippen LogP contribution in [0.25, 0.3) is 0 Å². The minimum Gasteiger partial charge on any atom is -0.476 e. The Hall–Kier alpha value is -2.76. The maximum absolute atomic E-state index is 12.3. The zero-order valence-electron chi connectivity index (χ0n) is 12.3. The van der Waals surface area contributed by atoms with E-state index in [2.05, 4.69) is 33.5 Å². The van der Waals surface area contributed by atoms with Crippen LogP contribution in [0.1, 0.15) is 44.4 Å². The first-order valence-corrected chi connectivity index (χ1v) is 7.59. The molecule has 6 heteroatoms. The number of nitrogens with one attached hydrogen (secondary N) is 1. The van der Waals surface area contributed by atoms with Crippen LogP contribution in [0.5, 0.6) is 0 Å². The molecule has 4 rings (SSSR count). The number of amides is 1. The second-order valence-corrected chi connectivity index (χ2v) is 6.02. The van der Waals surface area contributed by atoms with Crippen LogP contribution < -0.4 is 5.32 Å². The molecule has 1 aromatic heterocycles. The number of carboxylic acids is 1. The average Bonchev–Trinajstić information content (AvgIpc) is 3.28. The summed E-state index contributed by atoms with van der Waals surface area (Å²) < 4.78 is 0. The maximum Gasteiger partial charge on any atom is 0.356 e. The van der Waals surface area contributed by atoms with E-state index in [0.29, 0.717) is 11.8 Å². The van der Waals surface area contributed by atoms with Crippen LogP contribution in [0.4, 0.5) is 0 Å². The number of hydrogen-bond acceptors (Lipinski definition) is 4. The second-order valence-electron chi connectivity index (χ2n) is 6.02. The van der Waals surface area contributed by atoms with Gasteiger partial charge in [-0.2, -0.15) is 0 Å². The topological polar surface area (TPSA) is 92.2 Å². The molecule has 3 unspecified atom stereocenters. The van der Waals surface area contributed by atoms with Crippen LogP contribution in [0.3, 0.4) is 0 Å². The lowest BCUT2D eigenvalue weighted by atomic mass is 9.92. The molecule has 116 valence electrons. The number of carbonyl (C=O) groups is 2. The molecule has 3 atom stereocenters. The van der Waals surface area contributed by atoms with Crippen molar-refractivity contribution in [2.24, 2.45) is 5.92 Å². The molecule has 2 aromatic rings. The molecule has 1 saturated carbocycles. The largest absolute Gasteiger partial charge is 0.476 e. The standard InChI is InChI=1S/C17H15N3O3/c21-16(12-7-19-13(8-18-12)17(22)23)20-15-11-6-5-9-3-1-2-4-10(9)14(11)15/h1-4,7-8,11,14-15H,5-6H2,(H,20,21)(H,22,23). The van der Waals surface area contributed by atoms with Crippen molar-refractivity contribution in [2.75, 3.05) is 0 Å². The van der Waals surface area contributed by atoms with Crippen molar-refractivity contribution >= 4 is 11.9 Å². The first-order chi connectivity index (χ1) is 11.1. The van der Waals surface area contributed by atoms with Crippen LogP contribution in [0, 0.1) is 5.92 Å². The van der Waals surface area contributed by atoms with Gasteiger partial charge in [-0.1, -0.05) is 24.3 Å². The van der Waals surface area contributed by atoms with Gasteiger partial charge in [0.15, 0.2) is 5.69 Å². The molecule has 1 aromatic carbocycles. The molecule has 0 saturated heterocycles. The van der Waals surface area contributed by atoms with Gasteiger partial charge in [-0.25, -0.2) is 14.8 Å². The van der Waals surface area contributed by atoms with Gasteiger partial charge in [0.25, 0.3) is 5.91 Å². The number of aromatic carboxylic acids is 1. The number of benzene rings is 1. The lowest BCUT2D eigenvalue weighted by Gasteiger charge is -2.13. The Morgan fingerprint density at radius 2 is 1.87 bits per heavy atom. The fourth-order valence-electron chi connectivity index (χ4n) is 3.54. The Morgan fingerprint density at radius 1 is 1.13 bits per heavy atom. The van der Waals surface area contributed by atoms with Crippen molar-refractivity contribution in [3.8, 4) is 0 Å². The monoisotopic (exact) mass is 309 g/mol. The number of carbonyl (C=O) groups excluding carboxylic acids is 1. The van der Waals surface area contributed by atoms with Gasteiger partial charge in [-0.3, -0.25) is 4.79 Å². The smallest absolute Gasteiger partial charge is 0.356 e. The number of hydrogen-bond donors (Lipinski definition) is 2. The van der Waals surface area contributed by atoms with Crippen molar-refractivity contribution in [1.29, 1.82) is 0 Å². The molecule has 2 aliphatic rings. The number of nitrogens with zero attached hydrogens (tertiary/aromatic N) is 2. The SMILES string of the molecule is O=C(O)c1cnc(C(=O)NC2C3CCc4ccccc4C32)cn1. The highest BCUT2D eigenvalue weighted by Crippen LogP contribution is 2.54. The quantitative estimate of drug-likeness (QED) is 0.899. The fourth-order valence-corrected chi connectivity index (χ4v) is 3.54. The zero-order valence-corrected chi connectivity index (χ0v) is 12.3. The summed E-state index contributed by atoms with van der Waals surface area (Å²) in [5, 5.41) is 11.8. The summed E-state index contributed by atoms with van der Waals surface area (Å²) in [6.07, 6.45) is 4.44. The van der Waals surface area contributed by atoms with E-state index >= 15 is 0 Å². The average molecular weight is 309 g/mol. The Kier molecular flexibility index (Phi) is 3.11. The molecule has 0 bridgehead atoms. The van der Waals surface area contributed by atoms with E-state index in [9.17, 15) is 9.59 Å². The van der Waals surface area contributed by atoms with Gasteiger partial charge >= 0.3 is 5.97 Å². The summed E-state index contributed by atoms with van der Waals surface area (Å²) in [6.45, 7) is 0. The zero-order chi connectivity index (χ0) is 16.0. The first kappa shape index (κ1) is 13.9. The van der Waals surface area contributed by atoms with E-state index < -0.39 is 5.97 Å². The molecule has 1 amide bonds. The van der Waals surface area contributed by atoms with E-state index in [4.69, 9.17) is 5.11 Å². The molecule has 1 fully saturated rings. The summed E-state index contributed by atoms with van der Waals surface area (Å²) in [6, 6.07) is 8.51. The number of aromatic nitrogens is 2. The summed E-state index contributed by atoms with van der Waals surface area (Å²) >= 11 is 0. The van der Waals surface area contributed by atoms with Gasteiger partial charge in [0, 0.05) is 12.0 Å². The van der Waals surface area contributed by atoms with Crippen molar-refractivity contribution < 1.29 is 14.7 Å². The molecule has 0 radical (unpaired) electrons. The summed E-state index contributed by atoms with van der Waals surface area (Å²) in [7, 11) is 0. The highest BCUT2D eigenvalue weighted by molar-refractivity contribution is 5.93. The molecule has 0 spiro atoms. The fraction of sp³-hybridized carbons (Fsp3) is 0.294. The minimum absolute atomic E-state index is 0.132.